The van der Waals surface area contributed by atoms with E-state index in [0.717, 1.165) is 43.6 Å². The van der Waals surface area contributed by atoms with E-state index < -0.39 is 0 Å². The lowest BCUT2D eigenvalue weighted by Crippen LogP contribution is -2.57. The van der Waals surface area contributed by atoms with E-state index in [-0.39, 0.29) is 28.5 Å². The zero-order valence-electron chi connectivity index (χ0n) is 18.2. The Labute approximate surface area is 188 Å². The first kappa shape index (κ1) is 20.9. The Kier molecular flexibility index (Phi) is 5.83. The first-order valence-corrected chi connectivity index (χ1v) is 11.5. The lowest BCUT2D eigenvalue weighted by Gasteiger charge is -2.47. The molecule has 0 N–H and O–H groups in total. The van der Waals surface area contributed by atoms with Crippen molar-refractivity contribution >= 4 is 17.3 Å². The van der Waals surface area contributed by atoms with Crippen LogP contribution in [-0.2, 0) is 22.4 Å². The van der Waals surface area contributed by atoms with Gasteiger partial charge in [-0.1, -0.05) is 30.3 Å². The number of piperidine rings is 1. The van der Waals surface area contributed by atoms with Crippen LogP contribution in [0, 0.1) is 22.0 Å². The molecule has 2 fully saturated rings. The molecule has 3 heterocycles. The van der Waals surface area contributed by atoms with Gasteiger partial charge in [0.25, 0.3) is 5.69 Å². The molecule has 1 amide bonds. The minimum atomic E-state index is -0.361. The van der Waals surface area contributed by atoms with Gasteiger partial charge in [-0.15, -0.1) is 0 Å². The standard InChI is InChI=1S/C25H29N3O4/c29-25(26-10-8-19(9-11-26)14-18-4-2-1-3-5-18)22-16-20-15-21(28(30)31)6-7-23(20)27-12-13-32-17-24(22)27/h1-7,15,19,22,24H,8-14,16-17H2/t22-,24+/m0/s1. The number of morpholine rings is 1. The number of fused-ring (bicyclic) bond motifs is 3. The number of carbonyl (C=O) groups is 1. The molecule has 0 bridgehead atoms. The molecule has 7 nitrogen and oxygen atoms in total. The van der Waals surface area contributed by atoms with Crippen molar-refractivity contribution in [3.05, 3.63) is 69.8 Å². The number of nitrogens with zero attached hydrogens (tertiary/aromatic N) is 3. The zero-order valence-corrected chi connectivity index (χ0v) is 18.2. The molecule has 0 unspecified atom stereocenters. The van der Waals surface area contributed by atoms with Gasteiger partial charge in [0.1, 0.15) is 0 Å². The number of hydrogen-bond acceptors (Lipinski definition) is 5. The Hall–Kier alpha value is -2.93. The molecule has 168 valence electrons. The molecular weight excluding hydrogens is 406 g/mol. The van der Waals surface area contributed by atoms with Crippen LogP contribution < -0.4 is 4.90 Å². The molecule has 2 saturated heterocycles. The molecule has 2 aromatic carbocycles. The summed E-state index contributed by atoms with van der Waals surface area (Å²) < 4.78 is 5.75. The van der Waals surface area contributed by atoms with Crippen molar-refractivity contribution < 1.29 is 14.5 Å². The molecule has 3 aliphatic heterocycles. The summed E-state index contributed by atoms with van der Waals surface area (Å²) in [6, 6.07) is 15.6. The van der Waals surface area contributed by atoms with Gasteiger partial charge in [0.15, 0.2) is 0 Å². The van der Waals surface area contributed by atoms with E-state index in [1.807, 2.05) is 17.0 Å². The number of nitro groups is 1. The van der Waals surface area contributed by atoms with E-state index >= 15 is 0 Å². The number of rotatable bonds is 4. The highest BCUT2D eigenvalue weighted by Crippen LogP contribution is 2.38. The third-order valence-corrected chi connectivity index (χ3v) is 7.26. The van der Waals surface area contributed by atoms with Crippen molar-refractivity contribution in [2.75, 3.05) is 37.7 Å². The van der Waals surface area contributed by atoms with Gasteiger partial charge in [0.2, 0.25) is 5.91 Å². The van der Waals surface area contributed by atoms with Crippen molar-refractivity contribution in [1.82, 2.24) is 4.90 Å². The molecule has 2 aromatic rings. The minimum Gasteiger partial charge on any atom is -0.377 e. The molecule has 3 aliphatic rings. The normalized spacial score (nSPS) is 23.4. The average molecular weight is 436 g/mol. The van der Waals surface area contributed by atoms with Gasteiger partial charge in [0.05, 0.1) is 30.1 Å². The first-order chi connectivity index (χ1) is 15.6. The summed E-state index contributed by atoms with van der Waals surface area (Å²) in [6.45, 7) is 3.40. The van der Waals surface area contributed by atoms with Crippen LogP contribution >= 0.6 is 0 Å². The number of nitro benzene ring substituents is 1. The van der Waals surface area contributed by atoms with Crippen molar-refractivity contribution in [2.24, 2.45) is 11.8 Å². The number of anilines is 1. The van der Waals surface area contributed by atoms with Crippen LogP contribution in [0.5, 0.6) is 0 Å². The summed E-state index contributed by atoms with van der Waals surface area (Å²) in [5, 5.41) is 11.3. The molecule has 0 aromatic heterocycles. The Bertz CT molecular complexity index is 988. The first-order valence-electron chi connectivity index (χ1n) is 11.5. The Morgan fingerprint density at radius 1 is 1.09 bits per heavy atom. The fourth-order valence-corrected chi connectivity index (χ4v) is 5.55. The van der Waals surface area contributed by atoms with Crippen LogP contribution in [0.3, 0.4) is 0 Å². The zero-order chi connectivity index (χ0) is 22.1. The van der Waals surface area contributed by atoms with Crippen LogP contribution in [-0.4, -0.2) is 54.6 Å². The van der Waals surface area contributed by atoms with Gasteiger partial charge in [-0.05, 0) is 48.8 Å². The lowest BCUT2D eigenvalue weighted by molar-refractivity contribution is -0.384. The number of hydrogen-bond donors (Lipinski definition) is 0. The van der Waals surface area contributed by atoms with Crippen molar-refractivity contribution in [3.63, 3.8) is 0 Å². The van der Waals surface area contributed by atoms with Crippen LogP contribution in [0.15, 0.2) is 48.5 Å². The topological polar surface area (TPSA) is 75.9 Å². The molecular formula is C25H29N3O4. The predicted octanol–water partition coefficient (Wildman–Crippen LogP) is 3.45. The van der Waals surface area contributed by atoms with Gasteiger partial charge in [0, 0.05) is 37.5 Å². The van der Waals surface area contributed by atoms with Crippen LogP contribution in [0.1, 0.15) is 24.0 Å². The van der Waals surface area contributed by atoms with Crippen molar-refractivity contribution in [1.29, 1.82) is 0 Å². The highest BCUT2D eigenvalue weighted by Gasteiger charge is 2.42. The van der Waals surface area contributed by atoms with Gasteiger partial charge in [-0.25, -0.2) is 0 Å². The molecule has 5 rings (SSSR count). The average Bonchev–Trinajstić information content (AvgIpc) is 2.84. The fraction of sp³-hybridized carbons (Fsp3) is 0.480. The smallest absolute Gasteiger partial charge is 0.269 e. The number of ether oxygens (including phenoxy) is 1. The van der Waals surface area contributed by atoms with Crippen LogP contribution in [0.4, 0.5) is 11.4 Å². The maximum atomic E-state index is 13.6. The van der Waals surface area contributed by atoms with E-state index in [4.69, 9.17) is 4.74 Å². The molecule has 0 spiro atoms. The maximum Gasteiger partial charge on any atom is 0.269 e. The summed E-state index contributed by atoms with van der Waals surface area (Å²) in [6.07, 6.45) is 3.62. The van der Waals surface area contributed by atoms with Gasteiger partial charge >= 0.3 is 0 Å². The number of non-ortho nitro benzene ring substituents is 1. The Balaban J connectivity index is 1.30. The summed E-state index contributed by atoms with van der Waals surface area (Å²) in [5.74, 6) is 0.544. The molecule has 0 aliphatic carbocycles. The maximum absolute atomic E-state index is 13.6. The quantitative estimate of drug-likeness (QED) is 0.543. The van der Waals surface area contributed by atoms with E-state index in [1.54, 1.807) is 12.1 Å². The summed E-state index contributed by atoms with van der Waals surface area (Å²) in [4.78, 5) is 28.8. The molecule has 7 heteroatoms. The van der Waals surface area contributed by atoms with Gasteiger partial charge in [-0.2, -0.15) is 0 Å². The SMILES string of the molecule is O=C([C@H]1Cc2cc([N+](=O)[O-])ccc2N2CCOC[C@H]12)N1CCC(Cc2ccccc2)CC1. The van der Waals surface area contributed by atoms with Crippen LogP contribution in [0.2, 0.25) is 0 Å². The van der Waals surface area contributed by atoms with Crippen molar-refractivity contribution in [3.8, 4) is 0 Å². The van der Waals surface area contributed by atoms with E-state index in [0.29, 0.717) is 32.1 Å². The number of amides is 1. The summed E-state index contributed by atoms with van der Waals surface area (Å²) in [5.41, 5.74) is 3.35. The van der Waals surface area contributed by atoms with E-state index in [1.165, 1.54) is 5.56 Å². The fourth-order valence-electron chi connectivity index (χ4n) is 5.55. The third-order valence-electron chi connectivity index (χ3n) is 7.26. The second-order valence-electron chi connectivity index (χ2n) is 9.17. The van der Waals surface area contributed by atoms with E-state index in [2.05, 4.69) is 29.2 Å². The predicted molar refractivity (Wildman–Crippen MR) is 122 cm³/mol. The van der Waals surface area contributed by atoms with Gasteiger partial charge < -0.3 is 14.5 Å². The number of likely N-dealkylation sites (tertiary alicyclic amines) is 1. The number of benzene rings is 2. The second-order valence-corrected chi connectivity index (χ2v) is 9.17. The minimum absolute atomic E-state index is 0.00718. The Morgan fingerprint density at radius 2 is 1.88 bits per heavy atom. The molecule has 2 atom stereocenters. The second kappa shape index (κ2) is 8.90. The van der Waals surface area contributed by atoms with Gasteiger partial charge in [-0.3, -0.25) is 14.9 Å². The monoisotopic (exact) mass is 435 g/mol. The molecule has 0 saturated carbocycles. The van der Waals surface area contributed by atoms with Crippen LogP contribution in [0.25, 0.3) is 0 Å². The largest absolute Gasteiger partial charge is 0.377 e. The summed E-state index contributed by atoms with van der Waals surface area (Å²) >= 11 is 0. The lowest BCUT2D eigenvalue weighted by atomic mass is 9.83. The third kappa shape index (κ3) is 4.09. The molecule has 32 heavy (non-hydrogen) atoms. The molecule has 0 radical (unpaired) electrons. The highest BCUT2D eigenvalue weighted by atomic mass is 16.6. The summed E-state index contributed by atoms with van der Waals surface area (Å²) in [7, 11) is 0. The number of carbonyl (C=O) groups excluding carboxylic acids is 1. The highest BCUT2D eigenvalue weighted by molar-refractivity contribution is 5.82. The van der Waals surface area contributed by atoms with Crippen molar-refractivity contribution in [2.45, 2.75) is 31.7 Å². The van der Waals surface area contributed by atoms with E-state index in [9.17, 15) is 14.9 Å². The Morgan fingerprint density at radius 3 is 2.62 bits per heavy atom.